The van der Waals surface area contributed by atoms with Crippen molar-refractivity contribution in [3.63, 3.8) is 0 Å². The van der Waals surface area contributed by atoms with Crippen molar-refractivity contribution in [2.45, 2.75) is 51.5 Å². The third-order valence-electron chi connectivity index (χ3n) is 5.39. The molecule has 1 unspecified atom stereocenters. The maximum absolute atomic E-state index is 13.2. The largest absolute Gasteiger partial charge is 0.467 e. The number of carbonyl (C=O) groups is 2. The number of nitrogens with zero attached hydrogens (tertiary/aromatic N) is 2. The number of aromatic nitrogens is 2. The number of H-pyrrole nitrogens is 1. The molecule has 0 aliphatic rings. The van der Waals surface area contributed by atoms with E-state index in [1.807, 2.05) is 41.8 Å². The number of anilines is 1. The smallest absolute Gasteiger partial charge is 0.328 e. The van der Waals surface area contributed by atoms with Gasteiger partial charge < -0.3 is 9.72 Å². The van der Waals surface area contributed by atoms with Crippen molar-refractivity contribution < 1.29 is 14.3 Å². The van der Waals surface area contributed by atoms with Crippen LogP contribution >= 0.6 is 22.9 Å². The molecule has 0 saturated carbocycles. The van der Waals surface area contributed by atoms with Crippen molar-refractivity contribution in [2.75, 3.05) is 12.0 Å². The zero-order chi connectivity index (χ0) is 23.1. The molecule has 32 heavy (non-hydrogen) atoms. The van der Waals surface area contributed by atoms with Crippen molar-refractivity contribution in [1.82, 2.24) is 9.97 Å². The Balaban J connectivity index is 1.83. The average Bonchev–Trinajstić information content (AvgIpc) is 3.47. The Labute approximate surface area is 197 Å². The number of imidazole rings is 1. The predicted octanol–water partition coefficient (Wildman–Crippen LogP) is 5.58. The van der Waals surface area contributed by atoms with Gasteiger partial charge >= 0.3 is 5.97 Å². The number of hydrogen-bond acceptors (Lipinski definition) is 5. The number of esters is 1. The summed E-state index contributed by atoms with van der Waals surface area (Å²) in [6, 6.07) is 10.7. The molecule has 0 aliphatic heterocycles. The molecular weight excluding hydrogens is 446 g/mol. The molecule has 1 amide bonds. The van der Waals surface area contributed by atoms with Gasteiger partial charge in [0.15, 0.2) is 0 Å². The van der Waals surface area contributed by atoms with E-state index in [0.717, 1.165) is 30.7 Å². The minimum absolute atomic E-state index is 0.0230. The summed E-state index contributed by atoms with van der Waals surface area (Å²) in [4.78, 5) is 34.7. The monoisotopic (exact) mass is 473 g/mol. The number of nitrogens with one attached hydrogen (secondary N) is 1. The Morgan fingerprint density at radius 2 is 2.03 bits per heavy atom. The van der Waals surface area contributed by atoms with E-state index >= 15 is 0 Å². The van der Waals surface area contributed by atoms with Crippen LogP contribution in [-0.4, -0.2) is 35.0 Å². The summed E-state index contributed by atoms with van der Waals surface area (Å²) in [6.07, 6.45) is 4.79. The van der Waals surface area contributed by atoms with Gasteiger partial charge in [0.05, 0.1) is 18.5 Å². The second kappa shape index (κ2) is 11.3. The van der Waals surface area contributed by atoms with E-state index in [1.165, 1.54) is 23.3 Å². The first kappa shape index (κ1) is 24.0. The third kappa shape index (κ3) is 5.58. The van der Waals surface area contributed by atoms with Crippen LogP contribution in [0.1, 0.15) is 56.1 Å². The number of ether oxygens (including phenoxy) is 1. The normalized spacial score (nSPS) is 12.9. The van der Waals surface area contributed by atoms with Gasteiger partial charge in [-0.15, -0.1) is 11.3 Å². The molecule has 6 nitrogen and oxygen atoms in total. The molecule has 8 heteroatoms. The number of aromatic amines is 1. The van der Waals surface area contributed by atoms with Crippen molar-refractivity contribution in [2.24, 2.45) is 0 Å². The highest BCUT2D eigenvalue weighted by Gasteiger charge is 2.29. The summed E-state index contributed by atoms with van der Waals surface area (Å²) in [5.41, 5.74) is 1.71. The topological polar surface area (TPSA) is 75.3 Å². The Morgan fingerprint density at radius 1 is 1.25 bits per heavy atom. The lowest BCUT2D eigenvalue weighted by atomic mass is 9.93. The predicted molar refractivity (Wildman–Crippen MR) is 128 cm³/mol. The van der Waals surface area contributed by atoms with Gasteiger partial charge in [-0.2, -0.15) is 0 Å². The minimum Gasteiger partial charge on any atom is -0.467 e. The molecule has 2 heterocycles. The summed E-state index contributed by atoms with van der Waals surface area (Å²) in [6.45, 7) is 3.82. The van der Waals surface area contributed by atoms with Gasteiger partial charge in [0.2, 0.25) is 5.91 Å². The van der Waals surface area contributed by atoms with Crippen LogP contribution in [0.2, 0.25) is 5.02 Å². The van der Waals surface area contributed by atoms with Crippen molar-refractivity contribution in [1.29, 1.82) is 0 Å². The number of amides is 1. The van der Waals surface area contributed by atoms with Crippen molar-refractivity contribution in [3.8, 4) is 0 Å². The van der Waals surface area contributed by atoms with Crippen LogP contribution in [0, 0.1) is 0 Å². The number of hydrogen-bond donors (Lipinski definition) is 1. The lowest BCUT2D eigenvalue weighted by Gasteiger charge is -2.26. The van der Waals surface area contributed by atoms with E-state index < -0.39 is 12.0 Å². The fourth-order valence-electron chi connectivity index (χ4n) is 3.71. The van der Waals surface area contributed by atoms with Gasteiger partial charge in [-0.1, -0.05) is 49.6 Å². The van der Waals surface area contributed by atoms with Crippen LogP contribution in [0.3, 0.4) is 0 Å². The van der Waals surface area contributed by atoms with Gasteiger partial charge in [0.25, 0.3) is 0 Å². The number of benzene rings is 1. The van der Waals surface area contributed by atoms with E-state index in [-0.39, 0.29) is 18.2 Å². The molecule has 0 spiro atoms. The van der Waals surface area contributed by atoms with Crippen LogP contribution in [0.5, 0.6) is 0 Å². The summed E-state index contributed by atoms with van der Waals surface area (Å²) >= 11 is 7.87. The van der Waals surface area contributed by atoms with Crippen LogP contribution in [0.4, 0.5) is 5.00 Å². The zero-order valence-electron chi connectivity index (χ0n) is 18.5. The minimum atomic E-state index is -0.728. The third-order valence-corrected chi connectivity index (χ3v) is 6.60. The van der Waals surface area contributed by atoms with Crippen LogP contribution in [-0.2, 0) is 20.7 Å². The van der Waals surface area contributed by atoms with Gasteiger partial charge in [-0.25, -0.2) is 9.78 Å². The fourth-order valence-corrected chi connectivity index (χ4v) is 4.80. The molecule has 2 atom stereocenters. The Morgan fingerprint density at radius 3 is 2.69 bits per heavy atom. The molecule has 0 aliphatic carbocycles. The highest BCUT2D eigenvalue weighted by Crippen LogP contribution is 2.33. The van der Waals surface area contributed by atoms with Gasteiger partial charge in [-0.3, -0.25) is 9.69 Å². The molecule has 0 fully saturated rings. The first-order valence-corrected chi connectivity index (χ1v) is 11.9. The lowest BCUT2D eigenvalue weighted by Crippen LogP contribution is -2.44. The highest BCUT2D eigenvalue weighted by molar-refractivity contribution is 7.14. The zero-order valence-corrected chi connectivity index (χ0v) is 20.1. The molecule has 2 aromatic heterocycles. The SMILES string of the molecule is CCCCC(c1ncc(CC(=O)N(c2cccs2)[C@@H](C)C(=O)OC)[nH]1)c1ccccc1Cl. The number of carbonyl (C=O) groups excluding carboxylic acids is 2. The Kier molecular flexibility index (Phi) is 8.47. The van der Waals surface area contributed by atoms with Crippen LogP contribution < -0.4 is 4.90 Å². The first-order valence-electron chi connectivity index (χ1n) is 10.7. The standard InChI is InChI=1S/C24H28ClN3O3S/c1-4-5-9-19(18-10-6-7-11-20(18)25)23-26-15-17(27-23)14-21(29)28(16(2)24(30)31-3)22-12-8-13-32-22/h6-8,10-13,15-16,19H,4-5,9,14H2,1-3H3,(H,26,27)/t16-,19?/m0/s1. The molecule has 0 radical (unpaired) electrons. The number of unbranched alkanes of at least 4 members (excludes halogenated alkanes) is 1. The molecule has 0 saturated heterocycles. The number of rotatable bonds is 10. The van der Waals surface area contributed by atoms with E-state index in [0.29, 0.717) is 15.7 Å². The second-order valence-corrected chi connectivity index (χ2v) is 8.93. The quantitative estimate of drug-likeness (QED) is 0.390. The average molecular weight is 474 g/mol. The van der Waals surface area contributed by atoms with E-state index in [9.17, 15) is 9.59 Å². The molecule has 3 aromatic rings. The van der Waals surface area contributed by atoms with Gasteiger partial charge in [-0.05, 0) is 42.5 Å². The lowest BCUT2D eigenvalue weighted by molar-refractivity contribution is -0.143. The molecule has 1 aromatic carbocycles. The highest BCUT2D eigenvalue weighted by atomic mass is 35.5. The Bertz CT molecular complexity index is 1030. The van der Waals surface area contributed by atoms with E-state index in [1.54, 1.807) is 13.1 Å². The fraction of sp³-hybridized carbons (Fsp3) is 0.375. The summed E-state index contributed by atoms with van der Waals surface area (Å²) < 4.78 is 4.86. The molecule has 1 N–H and O–H groups in total. The first-order chi connectivity index (χ1) is 15.5. The molecular formula is C24H28ClN3O3S. The molecule has 3 rings (SSSR count). The van der Waals surface area contributed by atoms with Crippen molar-refractivity contribution >= 4 is 39.8 Å². The van der Waals surface area contributed by atoms with Gasteiger partial charge in [0, 0.05) is 22.8 Å². The van der Waals surface area contributed by atoms with Crippen LogP contribution in [0.25, 0.3) is 0 Å². The summed E-state index contributed by atoms with van der Waals surface area (Å²) in [5.74, 6) is 0.145. The summed E-state index contributed by atoms with van der Waals surface area (Å²) in [5, 5.41) is 3.28. The second-order valence-electron chi connectivity index (χ2n) is 7.60. The number of methoxy groups -OCH3 is 1. The number of thiophene rings is 1. The maximum atomic E-state index is 13.2. The van der Waals surface area contributed by atoms with E-state index in [2.05, 4.69) is 16.9 Å². The maximum Gasteiger partial charge on any atom is 0.328 e. The van der Waals surface area contributed by atoms with Crippen molar-refractivity contribution in [3.05, 3.63) is 70.1 Å². The van der Waals surface area contributed by atoms with E-state index in [4.69, 9.17) is 16.3 Å². The molecule has 0 bridgehead atoms. The summed E-state index contributed by atoms with van der Waals surface area (Å²) in [7, 11) is 1.32. The van der Waals surface area contributed by atoms with Gasteiger partial charge in [0.1, 0.15) is 11.9 Å². The Hall–Kier alpha value is -2.64. The number of halogens is 1. The molecule has 170 valence electrons. The van der Waals surface area contributed by atoms with Crippen LogP contribution in [0.15, 0.2) is 48.0 Å².